The molecule has 0 aromatic carbocycles. The van der Waals surface area contributed by atoms with Gasteiger partial charge in [0.1, 0.15) is 5.78 Å². The highest BCUT2D eigenvalue weighted by atomic mass is 16.1. The molecule has 1 aromatic rings. The lowest BCUT2D eigenvalue weighted by atomic mass is 9.88. The molecule has 1 atom stereocenters. The van der Waals surface area contributed by atoms with Crippen LogP contribution in [0.4, 0.5) is 0 Å². The van der Waals surface area contributed by atoms with Crippen LogP contribution in [0.2, 0.25) is 0 Å². The van der Waals surface area contributed by atoms with E-state index in [1.54, 1.807) is 13.1 Å². The lowest BCUT2D eigenvalue weighted by molar-refractivity contribution is -0.119. The molecule has 1 aromatic heterocycles. The molecule has 2 nitrogen and oxygen atoms in total. The van der Waals surface area contributed by atoms with Crippen molar-refractivity contribution in [2.75, 3.05) is 0 Å². The number of aryl methyl sites for hydroxylation is 1. The van der Waals surface area contributed by atoms with Gasteiger partial charge in [0.15, 0.2) is 0 Å². The van der Waals surface area contributed by atoms with E-state index in [0.29, 0.717) is 5.92 Å². The van der Waals surface area contributed by atoms with Crippen molar-refractivity contribution in [1.29, 1.82) is 0 Å². The molecular weight excluding hydrogens is 174 g/mol. The molecule has 1 rings (SSSR count). The average molecular weight is 191 g/mol. The van der Waals surface area contributed by atoms with Gasteiger partial charge in [-0.15, -0.1) is 0 Å². The molecule has 0 aliphatic rings. The van der Waals surface area contributed by atoms with Gasteiger partial charge in [0.05, 0.1) is 11.6 Å². The second-order valence-electron chi connectivity index (χ2n) is 4.09. The molecule has 0 aliphatic carbocycles. The smallest absolute Gasteiger partial charge is 0.139 e. The SMILES string of the molecule is CC(=O)C(c1cc(C)ccn1)C(C)C. The third-order valence-electron chi connectivity index (χ3n) is 2.36. The van der Waals surface area contributed by atoms with Crippen molar-refractivity contribution < 1.29 is 4.79 Å². The first-order valence-electron chi connectivity index (χ1n) is 4.95. The molecule has 0 bridgehead atoms. The Bertz CT molecular complexity index is 331. The molecular formula is C12H17NO. The Morgan fingerprint density at radius 3 is 2.50 bits per heavy atom. The fraction of sp³-hybridized carbons (Fsp3) is 0.500. The highest BCUT2D eigenvalue weighted by Crippen LogP contribution is 2.23. The Morgan fingerprint density at radius 2 is 2.07 bits per heavy atom. The van der Waals surface area contributed by atoms with Crippen LogP contribution < -0.4 is 0 Å². The van der Waals surface area contributed by atoms with Crippen molar-refractivity contribution >= 4 is 5.78 Å². The standard InChI is InChI=1S/C12H17NO/c1-8(2)12(10(4)14)11-7-9(3)5-6-13-11/h5-8,12H,1-4H3. The molecule has 0 saturated heterocycles. The first-order valence-corrected chi connectivity index (χ1v) is 4.95. The maximum atomic E-state index is 11.5. The Hall–Kier alpha value is -1.18. The van der Waals surface area contributed by atoms with Crippen LogP contribution in [-0.4, -0.2) is 10.8 Å². The average Bonchev–Trinajstić information content (AvgIpc) is 2.02. The molecule has 0 fully saturated rings. The summed E-state index contributed by atoms with van der Waals surface area (Å²) in [5.41, 5.74) is 2.05. The van der Waals surface area contributed by atoms with E-state index in [4.69, 9.17) is 0 Å². The van der Waals surface area contributed by atoms with E-state index in [-0.39, 0.29) is 11.7 Å². The van der Waals surface area contributed by atoms with E-state index >= 15 is 0 Å². The zero-order valence-corrected chi connectivity index (χ0v) is 9.24. The molecule has 0 saturated carbocycles. The first-order chi connectivity index (χ1) is 6.52. The number of carbonyl (C=O) groups is 1. The molecule has 14 heavy (non-hydrogen) atoms. The molecule has 0 radical (unpaired) electrons. The van der Waals surface area contributed by atoms with Crippen LogP contribution in [0.1, 0.15) is 37.9 Å². The first kappa shape index (κ1) is 10.9. The number of ketones is 1. The zero-order valence-electron chi connectivity index (χ0n) is 9.24. The minimum atomic E-state index is -0.0603. The molecule has 0 aliphatic heterocycles. The van der Waals surface area contributed by atoms with Crippen LogP contribution in [0.15, 0.2) is 18.3 Å². The lowest BCUT2D eigenvalue weighted by Crippen LogP contribution is -2.16. The molecule has 0 amide bonds. The van der Waals surface area contributed by atoms with Crippen LogP contribution >= 0.6 is 0 Å². The number of pyridine rings is 1. The van der Waals surface area contributed by atoms with Gasteiger partial charge in [-0.1, -0.05) is 13.8 Å². The van der Waals surface area contributed by atoms with E-state index in [1.165, 1.54) is 0 Å². The van der Waals surface area contributed by atoms with E-state index in [9.17, 15) is 4.79 Å². The van der Waals surface area contributed by atoms with Crippen LogP contribution in [0.25, 0.3) is 0 Å². The largest absolute Gasteiger partial charge is 0.299 e. The van der Waals surface area contributed by atoms with Crippen LogP contribution in [-0.2, 0) is 4.79 Å². The molecule has 0 spiro atoms. The predicted octanol–water partition coefficient (Wildman–Crippen LogP) is 2.72. The van der Waals surface area contributed by atoms with Crippen LogP contribution in [0.3, 0.4) is 0 Å². The van der Waals surface area contributed by atoms with Crippen molar-refractivity contribution in [3.8, 4) is 0 Å². The van der Waals surface area contributed by atoms with Gasteiger partial charge in [-0.05, 0) is 37.5 Å². The highest BCUT2D eigenvalue weighted by Gasteiger charge is 2.21. The Labute approximate surface area is 85.4 Å². The maximum absolute atomic E-state index is 11.5. The molecule has 1 unspecified atom stereocenters. The molecule has 2 heteroatoms. The zero-order chi connectivity index (χ0) is 10.7. The fourth-order valence-electron chi connectivity index (χ4n) is 1.75. The summed E-state index contributed by atoms with van der Waals surface area (Å²) in [6, 6.07) is 3.94. The van der Waals surface area contributed by atoms with E-state index in [1.807, 2.05) is 19.1 Å². The van der Waals surface area contributed by atoms with Crippen molar-refractivity contribution in [3.63, 3.8) is 0 Å². The van der Waals surface area contributed by atoms with E-state index < -0.39 is 0 Å². The normalized spacial score (nSPS) is 12.9. The van der Waals surface area contributed by atoms with Gasteiger partial charge >= 0.3 is 0 Å². The minimum Gasteiger partial charge on any atom is -0.299 e. The summed E-state index contributed by atoms with van der Waals surface area (Å²) in [5, 5.41) is 0. The van der Waals surface area contributed by atoms with Crippen molar-refractivity contribution in [3.05, 3.63) is 29.6 Å². The number of rotatable bonds is 3. The number of nitrogens with zero attached hydrogens (tertiary/aromatic N) is 1. The summed E-state index contributed by atoms with van der Waals surface area (Å²) >= 11 is 0. The Balaban J connectivity index is 3.05. The summed E-state index contributed by atoms with van der Waals surface area (Å²) in [6.07, 6.45) is 1.77. The van der Waals surface area contributed by atoms with Gasteiger partial charge in [0, 0.05) is 6.20 Å². The van der Waals surface area contributed by atoms with Gasteiger partial charge < -0.3 is 0 Å². The number of hydrogen-bond donors (Lipinski definition) is 0. The van der Waals surface area contributed by atoms with Crippen LogP contribution in [0, 0.1) is 12.8 Å². The fourth-order valence-corrected chi connectivity index (χ4v) is 1.75. The third-order valence-corrected chi connectivity index (χ3v) is 2.36. The number of hydrogen-bond acceptors (Lipinski definition) is 2. The molecule has 0 N–H and O–H groups in total. The minimum absolute atomic E-state index is 0.0603. The summed E-state index contributed by atoms with van der Waals surface area (Å²) in [7, 11) is 0. The Morgan fingerprint density at radius 1 is 1.43 bits per heavy atom. The lowest BCUT2D eigenvalue weighted by Gasteiger charge is -2.17. The van der Waals surface area contributed by atoms with Gasteiger partial charge in [-0.3, -0.25) is 9.78 Å². The van der Waals surface area contributed by atoms with E-state index in [2.05, 4.69) is 18.8 Å². The predicted molar refractivity (Wildman–Crippen MR) is 57.2 cm³/mol. The second-order valence-corrected chi connectivity index (χ2v) is 4.09. The summed E-state index contributed by atoms with van der Waals surface area (Å²) < 4.78 is 0. The van der Waals surface area contributed by atoms with Gasteiger partial charge in [-0.25, -0.2) is 0 Å². The van der Waals surface area contributed by atoms with Crippen LogP contribution in [0.5, 0.6) is 0 Å². The second kappa shape index (κ2) is 4.36. The number of aromatic nitrogens is 1. The van der Waals surface area contributed by atoms with Crippen molar-refractivity contribution in [2.45, 2.75) is 33.6 Å². The summed E-state index contributed by atoms with van der Waals surface area (Å²) in [5.74, 6) is 0.440. The van der Waals surface area contributed by atoms with Crippen molar-refractivity contribution in [1.82, 2.24) is 4.98 Å². The maximum Gasteiger partial charge on any atom is 0.139 e. The van der Waals surface area contributed by atoms with Gasteiger partial charge in [0.25, 0.3) is 0 Å². The summed E-state index contributed by atoms with van der Waals surface area (Å²) in [4.78, 5) is 15.7. The van der Waals surface area contributed by atoms with Crippen molar-refractivity contribution in [2.24, 2.45) is 5.92 Å². The van der Waals surface area contributed by atoms with Gasteiger partial charge in [0.2, 0.25) is 0 Å². The quantitative estimate of drug-likeness (QED) is 0.735. The summed E-state index contributed by atoms with van der Waals surface area (Å²) in [6.45, 7) is 7.75. The highest BCUT2D eigenvalue weighted by molar-refractivity contribution is 5.83. The topological polar surface area (TPSA) is 30.0 Å². The monoisotopic (exact) mass is 191 g/mol. The molecule has 1 heterocycles. The third kappa shape index (κ3) is 2.41. The Kier molecular flexibility index (Phi) is 3.39. The van der Waals surface area contributed by atoms with Gasteiger partial charge in [-0.2, -0.15) is 0 Å². The van der Waals surface area contributed by atoms with E-state index in [0.717, 1.165) is 11.3 Å². The number of carbonyl (C=O) groups excluding carboxylic acids is 1. The number of Topliss-reactive ketones (excluding diaryl/α,β-unsaturated/α-hetero) is 1. The molecule has 76 valence electrons.